The molecule has 184 valence electrons. The monoisotopic (exact) mass is 477 g/mol. The molecule has 8 nitrogen and oxygen atoms in total. The van der Waals surface area contributed by atoms with Crippen molar-refractivity contribution in [1.82, 2.24) is 9.88 Å². The Hall–Kier alpha value is -3.17. The number of fused-ring (bicyclic) bond motifs is 1. The Labute approximate surface area is 195 Å². The van der Waals surface area contributed by atoms with Crippen LogP contribution in [0.3, 0.4) is 0 Å². The summed E-state index contributed by atoms with van der Waals surface area (Å²) < 4.78 is 37.4. The molecule has 1 aromatic carbocycles. The maximum absolute atomic E-state index is 15.5. The first kappa shape index (κ1) is 24.0. The number of amides is 1. The Morgan fingerprint density at radius 1 is 1.29 bits per heavy atom. The molecule has 34 heavy (non-hydrogen) atoms. The third-order valence-electron chi connectivity index (χ3n) is 6.19. The summed E-state index contributed by atoms with van der Waals surface area (Å²) in [5.41, 5.74) is -2.40. The van der Waals surface area contributed by atoms with Crippen molar-refractivity contribution in [1.29, 1.82) is 0 Å². The van der Waals surface area contributed by atoms with Gasteiger partial charge in [0.15, 0.2) is 0 Å². The number of carboxylic acid groups (broad SMARTS) is 1. The number of hydrogen-bond acceptors (Lipinski definition) is 5. The first-order valence-corrected chi connectivity index (χ1v) is 11.3. The molecule has 1 unspecified atom stereocenters. The van der Waals surface area contributed by atoms with Gasteiger partial charge < -0.3 is 24.6 Å². The maximum Gasteiger partial charge on any atom is 0.407 e. The van der Waals surface area contributed by atoms with Crippen LogP contribution in [0.4, 0.5) is 19.3 Å². The van der Waals surface area contributed by atoms with Crippen molar-refractivity contribution in [2.75, 3.05) is 24.5 Å². The number of anilines is 1. The highest BCUT2D eigenvalue weighted by Gasteiger charge is 2.41. The Morgan fingerprint density at radius 3 is 2.56 bits per heavy atom. The van der Waals surface area contributed by atoms with E-state index in [9.17, 15) is 19.5 Å². The van der Waals surface area contributed by atoms with Crippen LogP contribution in [0.5, 0.6) is 0 Å². The van der Waals surface area contributed by atoms with Gasteiger partial charge in [-0.15, -0.1) is 0 Å². The van der Waals surface area contributed by atoms with Crippen molar-refractivity contribution in [3.63, 3.8) is 0 Å². The minimum Gasteiger partial charge on any atom is -0.477 e. The molecule has 2 aliphatic rings. The second-order valence-corrected chi connectivity index (χ2v) is 10.2. The Balaban J connectivity index is 1.66. The molecule has 1 atom stereocenters. The molecule has 1 aliphatic heterocycles. The molecule has 4 rings (SSSR count). The number of alkyl carbamates (subject to hydrolysis) is 1. The van der Waals surface area contributed by atoms with Crippen molar-refractivity contribution in [3.05, 3.63) is 39.4 Å². The number of alkyl halides is 1. The summed E-state index contributed by atoms with van der Waals surface area (Å²) in [6, 6.07) is 2.27. The van der Waals surface area contributed by atoms with E-state index in [0.717, 1.165) is 12.8 Å². The summed E-state index contributed by atoms with van der Waals surface area (Å²) in [6.45, 7) is 6.59. The van der Waals surface area contributed by atoms with Gasteiger partial charge in [0.25, 0.3) is 5.56 Å². The number of aromatic nitrogens is 1. The average Bonchev–Trinajstić information content (AvgIpc) is 3.47. The van der Waals surface area contributed by atoms with Gasteiger partial charge in [-0.25, -0.2) is 18.4 Å². The molecule has 10 heteroatoms. The largest absolute Gasteiger partial charge is 0.477 e. The van der Waals surface area contributed by atoms with Gasteiger partial charge in [-0.3, -0.25) is 4.79 Å². The van der Waals surface area contributed by atoms with Crippen LogP contribution in [-0.2, 0) is 4.74 Å². The number of hydrogen-bond donors (Lipinski definition) is 2. The lowest BCUT2D eigenvalue weighted by molar-refractivity contribution is 0.0486. The molecule has 1 saturated carbocycles. The van der Waals surface area contributed by atoms with E-state index < -0.39 is 40.3 Å². The molecule has 1 aromatic heterocycles. The Kier molecular flexibility index (Phi) is 5.81. The summed E-state index contributed by atoms with van der Waals surface area (Å²) in [6.07, 6.45) is 0.821. The second kappa shape index (κ2) is 8.25. The number of pyridine rings is 1. The standard InChI is InChI=1S/C24H29F2N3O5/c1-13-18-14(9-16(21(31)32)20(30)29(18)15-5-6-15)10-17(25)19(13)28-8-7-24(26,12-28)11-27-22(33)34-23(2,3)4/h9-10,15H,5-8,11-12H2,1-4H3,(H,27,33)(H,31,32). The van der Waals surface area contributed by atoms with Gasteiger partial charge >= 0.3 is 12.1 Å². The molecule has 1 aliphatic carbocycles. The van der Waals surface area contributed by atoms with Gasteiger partial charge in [0, 0.05) is 24.4 Å². The first-order chi connectivity index (χ1) is 15.8. The fourth-order valence-electron chi connectivity index (χ4n) is 4.60. The Bertz CT molecular complexity index is 1230. The Morgan fingerprint density at radius 2 is 1.97 bits per heavy atom. The molecule has 2 aromatic rings. The van der Waals surface area contributed by atoms with Crippen LogP contribution < -0.4 is 15.8 Å². The third-order valence-corrected chi connectivity index (χ3v) is 6.19. The summed E-state index contributed by atoms with van der Waals surface area (Å²) in [5, 5.41) is 12.2. The van der Waals surface area contributed by atoms with Gasteiger partial charge in [-0.2, -0.15) is 0 Å². The lowest BCUT2D eigenvalue weighted by atomic mass is 10.0. The van der Waals surface area contributed by atoms with Crippen LogP contribution in [0.15, 0.2) is 16.9 Å². The maximum atomic E-state index is 15.5. The SMILES string of the molecule is Cc1c(N2CCC(F)(CNC(=O)OC(C)(C)C)C2)c(F)cc2cc(C(=O)O)c(=O)n(C3CC3)c12. The number of ether oxygens (including phenoxy) is 1. The van der Waals surface area contributed by atoms with E-state index >= 15 is 8.78 Å². The highest BCUT2D eigenvalue weighted by molar-refractivity contribution is 5.95. The number of carboxylic acids is 1. The quantitative estimate of drug-likeness (QED) is 0.677. The minimum absolute atomic E-state index is 0.0765. The van der Waals surface area contributed by atoms with E-state index in [1.165, 1.54) is 16.7 Å². The van der Waals surface area contributed by atoms with Crippen LogP contribution in [0.1, 0.15) is 62.0 Å². The van der Waals surface area contributed by atoms with Crippen LogP contribution in [0.25, 0.3) is 10.9 Å². The minimum atomic E-state index is -1.78. The van der Waals surface area contributed by atoms with Gasteiger partial charge in [0.1, 0.15) is 22.7 Å². The zero-order chi connectivity index (χ0) is 25.0. The van der Waals surface area contributed by atoms with Crippen LogP contribution >= 0.6 is 0 Å². The van der Waals surface area contributed by atoms with Crippen molar-refractivity contribution in [2.24, 2.45) is 0 Å². The number of nitrogens with one attached hydrogen (secondary N) is 1. The number of benzene rings is 1. The lowest BCUT2D eigenvalue weighted by Crippen LogP contribution is -2.43. The number of carbonyl (C=O) groups excluding carboxylic acids is 1. The van der Waals surface area contributed by atoms with E-state index in [0.29, 0.717) is 16.5 Å². The fraction of sp³-hybridized carbons (Fsp3) is 0.542. The van der Waals surface area contributed by atoms with Crippen molar-refractivity contribution in [3.8, 4) is 0 Å². The molecule has 0 spiro atoms. The summed E-state index contributed by atoms with van der Waals surface area (Å²) in [4.78, 5) is 38.0. The van der Waals surface area contributed by atoms with Gasteiger partial charge in [0.2, 0.25) is 0 Å². The first-order valence-electron chi connectivity index (χ1n) is 11.3. The van der Waals surface area contributed by atoms with E-state index in [4.69, 9.17) is 4.74 Å². The zero-order valence-electron chi connectivity index (χ0n) is 19.7. The molecular formula is C24H29F2N3O5. The van der Waals surface area contributed by atoms with Crippen molar-refractivity contribution >= 4 is 28.7 Å². The number of aromatic carboxylic acids is 1. The topological polar surface area (TPSA) is 101 Å². The summed E-state index contributed by atoms with van der Waals surface area (Å²) in [7, 11) is 0. The van der Waals surface area contributed by atoms with Gasteiger partial charge in [-0.1, -0.05) is 0 Å². The molecule has 0 bridgehead atoms. The van der Waals surface area contributed by atoms with E-state index in [2.05, 4.69) is 5.32 Å². The molecule has 2 heterocycles. The fourth-order valence-corrected chi connectivity index (χ4v) is 4.60. The van der Waals surface area contributed by atoms with Crippen molar-refractivity contribution < 1.29 is 28.2 Å². The number of aryl methyl sites for hydroxylation is 1. The third kappa shape index (κ3) is 4.58. The average molecular weight is 478 g/mol. The molecule has 1 amide bonds. The number of halogens is 2. The molecule has 2 N–H and O–H groups in total. The van der Waals surface area contributed by atoms with Gasteiger partial charge in [-0.05, 0) is 58.2 Å². The molecule has 2 fully saturated rings. The molecular weight excluding hydrogens is 448 g/mol. The van der Waals surface area contributed by atoms with Crippen LogP contribution in [0, 0.1) is 12.7 Å². The van der Waals surface area contributed by atoms with Crippen molar-refractivity contribution in [2.45, 2.75) is 64.3 Å². The zero-order valence-corrected chi connectivity index (χ0v) is 19.7. The highest BCUT2D eigenvalue weighted by atomic mass is 19.1. The number of carbonyl (C=O) groups is 2. The summed E-state index contributed by atoms with van der Waals surface area (Å²) >= 11 is 0. The van der Waals surface area contributed by atoms with Crippen LogP contribution in [0.2, 0.25) is 0 Å². The number of rotatable bonds is 5. The summed E-state index contributed by atoms with van der Waals surface area (Å²) in [5.74, 6) is -1.98. The second-order valence-electron chi connectivity index (χ2n) is 10.2. The van der Waals surface area contributed by atoms with E-state index in [1.54, 1.807) is 32.6 Å². The molecule has 1 saturated heterocycles. The predicted octanol–water partition coefficient (Wildman–Crippen LogP) is 3.93. The smallest absolute Gasteiger partial charge is 0.407 e. The van der Waals surface area contributed by atoms with Crippen LogP contribution in [-0.4, -0.2) is 52.6 Å². The van der Waals surface area contributed by atoms with E-state index in [1.807, 2.05) is 0 Å². The predicted molar refractivity (Wildman–Crippen MR) is 123 cm³/mol. The highest BCUT2D eigenvalue weighted by Crippen LogP contribution is 2.41. The molecule has 0 radical (unpaired) electrons. The van der Waals surface area contributed by atoms with E-state index in [-0.39, 0.29) is 37.8 Å². The lowest BCUT2D eigenvalue weighted by Gasteiger charge is -2.26. The van der Waals surface area contributed by atoms with Gasteiger partial charge in [0.05, 0.1) is 24.3 Å². The normalized spacial score (nSPS) is 20.6. The number of nitrogens with zero attached hydrogens (tertiary/aromatic N) is 2.